The van der Waals surface area contributed by atoms with E-state index in [1.807, 2.05) is 0 Å². The third kappa shape index (κ3) is 2.72. The van der Waals surface area contributed by atoms with Crippen LogP contribution >= 0.6 is 7.92 Å². The van der Waals surface area contributed by atoms with Gasteiger partial charge < -0.3 is 0 Å². The van der Waals surface area contributed by atoms with E-state index in [2.05, 4.69) is 65.8 Å². The lowest BCUT2D eigenvalue weighted by atomic mass is 10.1. The monoisotopic (exact) mass is 237 g/mol. The van der Waals surface area contributed by atoms with E-state index < -0.39 is 0 Å². The zero-order chi connectivity index (χ0) is 12.4. The maximum Gasteiger partial charge on any atom is -0.0223 e. The second-order valence-corrected chi connectivity index (χ2v) is 9.42. The number of hydrogen-bond donors (Lipinski definition) is 0. The van der Waals surface area contributed by atoms with Gasteiger partial charge in [0.1, 0.15) is 0 Å². The summed E-state index contributed by atoms with van der Waals surface area (Å²) in [6.45, 7) is 14.4. The summed E-state index contributed by atoms with van der Waals surface area (Å²) in [5.74, 6) is 0. The van der Waals surface area contributed by atoms with Gasteiger partial charge in [0.05, 0.1) is 0 Å². The first-order valence-corrected chi connectivity index (χ1v) is 7.71. The summed E-state index contributed by atoms with van der Waals surface area (Å²) in [4.78, 5) is 0. The molecule has 92 valence electrons. The van der Waals surface area contributed by atoms with Gasteiger partial charge in [0.2, 0.25) is 0 Å². The molecule has 0 saturated heterocycles. The molecule has 0 bridgehead atoms. The van der Waals surface area contributed by atoms with Crippen LogP contribution < -0.4 is 5.30 Å². The van der Waals surface area contributed by atoms with Crippen LogP contribution in [0.4, 0.5) is 0 Å². The molecule has 1 aromatic rings. The second-order valence-electron chi connectivity index (χ2n) is 5.81. The van der Waals surface area contributed by atoms with Crippen LogP contribution in [0.15, 0.2) is 24.3 Å². The quantitative estimate of drug-likeness (QED) is 0.505. The highest BCUT2D eigenvalue weighted by atomic mass is 31.1. The summed E-state index contributed by atoms with van der Waals surface area (Å²) in [6, 6.07) is 9.01. The highest BCUT2D eigenvalue weighted by Gasteiger charge is 2.35. The van der Waals surface area contributed by atoms with Crippen molar-refractivity contribution in [2.45, 2.75) is 64.7 Å². The van der Waals surface area contributed by atoms with E-state index in [-0.39, 0.29) is 7.92 Å². The summed E-state index contributed by atoms with van der Waals surface area (Å²) >= 11 is 0. The van der Waals surface area contributed by atoms with Crippen molar-refractivity contribution >= 4 is 13.2 Å². The zero-order valence-electron chi connectivity index (χ0n) is 11.7. The Balaban J connectivity index is 3.15. The van der Waals surface area contributed by atoms with Gasteiger partial charge in [0, 0.05) is 0 Å². The van der Waals surface area contributed by atoms with Gasteiger partial charge in [-0.15, -0.1) is 7.92 Å². The van der Waals surface area contributed by atoms with Crippen LogP contribution in [0, 0.1) is 0 Å². The fourth-order valence-corrected chi connectivity index (χ4v) is 6.49. The van der Waals surface area contributed by atoms with Gasteiger partial charge in [0.15, 0.2) is 0 Å². The molecular formula is C15H26P-. The molecule has 0 radical (unpaired) electrons. The van der Waals surface area contributed by atoms with Crippen LogP contribution in [0.25, 0.3) is 0 Å². The predicted molar refractivity (Wildman–Crippen MR) is 77.3 cm³/mol. The second kappa shape index (κ2) is 4.96. The molecule has 0 aliphatic heterocycles. The SMILES string of the molecule is CCC(C)(C)P(c1cc[cH-]c1)C(C)(C)CC. The molecule has 0 N–H and O–H groups in total. The first kappa shape index (κ1) is 13.8. The first-order valence-electron chi connectivity index (χ1n) is 6.37. The Morgan fingerprint density at radius 2 is 1.56 bits per heavy atom. The van der Waals surface area contributed by atoms with Crippen LogP contribution in [0.3, 0.4) is 0 Å². The predicted octanol–water partition coefficient (Wildman–Crippen LogP) is 4.89. The Morgan fingerprint density at radius 3 is 1.88 bits per heavy atom. The highest BCUT2D eigenvalue weighted by molar-refractivity contribution is 7.68. The van der Waals surface area contributed by atoms with Crippen LogP contribution in [-0.4, -0.2) is 10.3 Å². The molecule has 0 nitrogen and oxygen atoms in total. The van der Waals surface area contributed by atoms with Gasteiger partial charge >= 0.3 is 0 Å². The Kier molecular flexibility index (Phi) is 4.29. The van der Waals surface area contributed by atoms with Gasteiger partial charge in [-0.3, -0.25) is 0 Å². The van der Waals surface area contributed by atoms with Crippen LogP contribution in [0.5, 0.6) is 0 Å². The third-order valence-corrected chi connectivity index (χ3v) is 7.71. The van der Waals surface area contributed by atoms with Crippen molar-refractivity contribution < 1.29 is 0 Å². The van der Waals surface area contributed by atoms with Gasteiger partial charge in [-0.05, 0) is 23.2 Å². The van der Waals surface area contributed by atoms with Crippen molar-refractivity contribution in [3.05, 3.63) is 24.3 Å². The van der Waals surface area contributed by atoms with E-state index in [1.54, 1.807) is 5.30 Å². The lowest BCUT2D eigenvalue weighted by Crippen LogP contribution is -2.33. The number of rotatable bonds is 5. The molecule has 0 amide bonds. The number of hydrogen-bond acceptors (Lipinski definition) is 0. The highest BCUT2D eigenvalue weighted by Crippen LogP contribution is 2.60. The maximum absolute atomic E-state index is 2.43. The van der Waals surface area contributed by atoms with Crippen molar-refractivity contribution in [2.24, 2.45) is 0 Å². The zero-order valence-corrected chi connectivity index (χ0v) is 12.6. The van der Waals surface area contributed by atoms with E-state index in [0.717, 1.165) is 0 Å². The molecule has 1 aromatic carbocycles. The third-order valence-electron chi connectivity index (χ3n) is 3.84. The summed E-state index contributed by atoms with van der Waals surface area (Å²) in [5, 5.41) is 2.44. The molecule has 0 heterocycles. The molecule has 0 aromatic heterocycles. The Bertz CT molecular complexity index is 290. The minimum absolute atomic E-state index is 0.105. The van der Waals surface area contributed by atoms with Crippen molar-refractivity contribution in [3.63, 3.8) is 0 Å². The Morgan fingerprint density at radius 1 is 1.06 bits per heavy atom. The molecule has 0 fully saturated rings. The Hall–Kier alpha value is -0.220. The van der Waals surface area contributed by atoms with Gasteiger partial charge in [0.25, 0.3) is 0 Å². The molecule has 0 aliphatic carbocycles. The van der Waals surface area contributed by atoms with Crippen molar-refractivity contribution in [2.75, 3.05) is 0 Å². The van der Waals surface area contributed by atoms with Crippen molar-refractivity contribution in [1.82, 2.24) is 0 Å². The minimum atomic E-state index is -0.105. The Labute approximate surface area is 103 Å². The molecule has 1 rings (SSSR count). The molecule has 0 saturated carbocycles. The fraction of sp³-hybridized carbons (Fsp3) is 0.667. The molecule has 0 atom stereocenters. The average Bonchev–Trinajstić information content (AvgIpc) is 2.70. The lowest BCUT2D eigenvalue weighted by Gasteiger charge is -2.48. The summed E-state index contributed by atoms with van der Waals surface area (Å²) in [7, 11) is -0.105. The van der Waals surface area contributed by atoms with E-state index in [4.69, 9.17) is 0 Å². The van der Waals surface area contributed by atoms with Crippen LogP contribution in [-0.2, 0) is 0 Å². The van der Waals surface area contributed by atoms with Gasteiger partial charge in [-0.25, -0.2) is 6.07 Å². The lowest BCUT2D eigenvalue weighted by molar-refractivity contribution is 0.610. The fourth-order valence-electron chi connectivity index (χ4n) is 2.35. The first-order chi connectivity index (χ1) is 7.35. The molecule has 16 heavy (non-hydrogen) atoms. The van der Waals surface area contributed by atoms with E-state index >= 15 is 0 Å². The molecular weight excluding hydrogens is 211 g/mol. The van der Waals surface area contributed by atoms with Gasteiger partial charge in [-0.1, -0.05) is 41.5 Å². The molecule has 0 unspecified atom stereocenters. The minimum Gasteiger partial charge on any atom is -0.206 e. The van der Waals surface area contributed by atoms with Crippen molar-refractivity contribution in [3.8, 4) is 0 Å². The standard InChI is InChI=1S/C15H26P/c1-7-14(3,4)16(15(5,6)8-2)13-11-9-10-12-13/h9-12H,7-8H2,1-6H3/q-1. The van der Waals surface area contributed by atoms with Crippen molar-refractivity contribution in [1.29, 1.82) is 0 Å². The largest absolute Gasteiger partial charge is 0.206 e. The van der Waals surface area contributed by atoms with Gasteiger partial charge in [-0.2, -0.15) is 23.5 Å². The van der Waals surface area contributed by atoms with Crippen LogP contribution in [0.2, 0.25) is 0 Å². The topological polar surface area (TPSA) is 0 Å². The summed E-state index contributed by atoms with van der Waals surface area (Å²) < 4.78 is 0. The smallest absolute Gasteiger partial charge is 0.0223 e. The average molecular weight is 237 g/mol. The van der Waals surface area contributed by atoms with E-state index in [9.17, 15) is 0 Å². The summed E-state index contributed by atoms with van der Waals surface area (Å²) in [5.41, 5.74) is 0. The molecule has 1 heteroatoms. The normalized spacial score (nSPS) is 13.4. The molecule has 0 spiro atoms. The maximum atomic E-state index is 2.43. The summed E-state index contributed by atoms with van der Waals surface area (Å²) in [6.07, 6.45) is 2.51. The molecule has 0 aliphatic rings. The van der Waals surface area contributed by atoms with E-state index in [0.29, 0.717) is 10.3 Å². The van der Waals surface area contributed by atoms with E-state index in [1.165, 1.54) is 12.8 Å². The van der Waals surface area contributed by atoms with Crippen LogP contribution in [0.1, 0.15) is 54.4 Å².